The predicted molar refractivity (Wildman–Crippen MR) is 64.1 cm³/mol. The zero-order chi connectivity index (χ0) is 12.3. The third-order valence-corrected chi connectivity index (χ3v) is 2.32. The molecule has 0 saturated carbocycles. The Morgan fingerprint density at radius 3 is 2.82 bits per heavy atom. The fourth-order valence-electron chi connectivity index (χ4n) is 1.50. The zero-order valence-electron chi connectivity index (χ0n) is 9.48. The minimum absolute atomic E-state index is 0.248. The SMILES string of the molecule is Cc1ccc(OCc2cncc(F)c2)c(N)c1. The lowest BCUT2D eigenvalue weighted by atomic mass is 10.2. The highest BCUT2D eigenvalue weighted by molar-refractivity contribution is 5.54. The topological polar surface area (TPSA) is 48.1 Å². The third kappa shape index (κ3) is 2.93. The summed E-state index contributed by atoms with van der Waals surface area (Å²) in [5.74, 6) is 0.225. The minimum Gasteiger partial charge on any atom is -0.487 e. The van der Waals surface area contributed by atoms with E-state index < -0.39 is 0 Å². The molecule has 2 N–H and O–H groups in total. The summed E-state index contributed by atoms with van der Waals surface area (Å²) in [6.07, 6.45) is 2.72. The molecule has 17 heavy (non-hydrogen) atoms. The average molecular weight is 232 g/mol. The van der Waals surface area contributed by atoms with Crippen LogP contribution in [0.4, 0.5) is 10.1 Å². The van der Waals surface area contributed by atoms with Crippen LogP contribution in [0.15, 0.2) is 36.7 Å². The van der Waals surface area contributed by atoms with Gasteiger partial charge in [0.1, 0.15) is 18.2 Å². The summed E-state index contributed by atoms with van der Waals surface area (Å²) >= 11 is 0. The van der Waals surface area contributed by atoms with Crippen LogP contribution in [-0.4, -0.2) is 4.98 Å². The summed E-state index contributed by atoms with van der Waals surface area (Å²) in [5.41, 5.74) is 8.12. The second-order valence-corrected chi connectivity index (χ2v) is 3.84. The van der Waals surface area contributed by atoms with Crippen molar-refractivity contribution < 1.29 is 9.13 Å². The molecule has 0 atom stereocenters. The summed E-state index contributed by atoms with van der Waals surface area (Å²) < 4.78 is 18.4. The molecule has 1 aromatic heterocycles. The molecule has 0 unspecified atom stereocenters. The van der Waals surface area contributed by atoms with E-state index in [1.807, 2.05) is 19.1 Å². The Morgan fingerprint density at radius 1 is 1.29 bits per heavy atom. The number of pyridine rings is 1. The number of halogens is 1. The van der Waals surface area contributed by atoms with Gasteiger partial charge in [-0.15, -0.1) is 0 Å². The van der Waals surface area contributed by atoms with Crippen molar-refractivity contribution >= 4 is 5.69 Å². The normalized spacial score (nSPS) is 10.2. The van der Waals surface area contributed by atoms with E-state index in [9.17, 15) is 4.39 Å². The van der Waals surface area contributed by atoms with Crippen LogP contribution in [0.5, 0.6) is 5.75 Å². The van der Waals surface area contributed by atoms with Gasteiger partial charge < -0.3 is 10.5 Å². The van der Waals surface area contributed by atoms with Gasteiger partial charge in [0.2, 0.25) is 0 Å². The number of aromatic nitrogens is 1. The van der Waals surface area contributed by atoms with Gasteiger partial charge in [-0.25, -0.2) is 4.39 Å². The standard InChI is InChI=1S/C13H13FN2O/c1-9-2-3-13(12(15)4-9)17-8-10-5-11(14)7-16-6-10/h2-7H,8,15H2,1H3. The van der Waals surface area contributed by atoms with Crippen LogP contribution in [-0.2, 0) is 6.61 Å². The smallest absolute Gasteiger partial charge is 0.142 e. The third-order valence-electron chi connectivity index (χ3n) is 2.32. The molecule has 1 aromatic carbocycles. The van der Waals surface area contributed by atoms with Crippen LogP contribution in [0.25, 0.3) is 0 Å². The monoisotopic (exact) mass is 232 g/mol. The number of nitrogens with zero attached hydrogens (tertiary/aromatic N) is 1. The maximum Gasteiger partial charge on any atom is 0.142 e. The summed E-state index contributed by atoms with van der Waals surface area (Å²) in [6.45, 7) is 2.20. The molecular weight excluding hydrogens is 219 g/mol. The Bertz CT molecular complexity index is 529. The van der Waals surface area contributed by atoms with E-state index >= 15 is 0 Å². The molecule has 0 aliphatic rings. The number of hydrogen-bond acceptors (Lipinski definition) is 3. The Labute approximate surface area is 99.1 Å². The number of rotatable bonds is 3. The molecule has 1 heterocycles. The molecule has 0 fully saturated rings. The van der Waals surface area contributed by atoms with Crippen molar-refractivity contribution in [1.29, 1.82) is 0 Å². The Hall–Kier alpha value is -2.10. The Morgan fingerprint density at radius 2 is 2.12 bits per heavy atom. The van der Waals surface area contributed by atoms with Gasteiger partial charge in [-0.2, -0.15) is 0 Å². The summed E-state index contributed by atoms with van der Waals surface area (Å²) in [5, 5.41) is 0. The predicted octanol–water partition coefficient (Wildman–Crippen LogP) is 2.69. The van der Waals surface area contributed by atoms with E-state index in [1.54, 1.807) is 12.3 Å². The van der Waals surface area contributed by atoms with Gasteiger partial charge in [0, 0.05) is 11.8 Å². The molecule has 0 saturated heterocycles. The summed E-state index contributed by atoms with van der Waals surface area (Å²) in [6, 6.07) is 6.93. The van der Waals surface area contributed by atoms with Crippen LogP contribution >= 0.6 is 0 Å². The van der Waals surface area contributed by atoms with Gasteiger partial charge in [0.05, 0.1) is 11.9 Å². The van der Waals surface area contributed by atoms with Gasteiger partial charge in [-0.3, -0.25) is 4.98 Å². The van der Waals surface area contributed by atoms with Gasteiger partial charge in [0.25, 0.3) is 0 Å². The first kappa shape index (κ1) is 11.4. The van der Waals surface area contributed by atoms with Crippen LogP contribution in [0.1, 0.15) is 11.1 Å². The van der Waals surface area contributed by atoms with E-state index in [-0.39, 0.29) is 12.4 Å². The molecule has 88 valence electrons. The summed E-state index contributed by atoms with van der Waals surface area (Å²) in [7, 11) is 0. The molecule has 2 aromatic rings. The first-order valence-corrected chi connectivity index (χ1v) is 5.23. The molecule has 3 nitrogen and oxygen atoms in total. The molecule has 0 radical (unpaired) electrons. The summed E-state index contributed by atoms with van der Waals surface area (Å²) in [4.78, 5) is 3.75. The maximum atomic E-state index is 12.9. The first-order chi connectivity index (χ1) is 8.15. The molecule has 2 rings (SSSR count). The zero-order valence-corrected chi connectivity index (χ0v) is 9.48. The lowest BCUT2D eigenvalue weighted by Gasteiger charge is -2.09. The number of hydrogen-bond donors (Lipinski definition) is 1. The van der Waals surface area contributed by atoms with E-state index in [0.717, 1.165) is 11.8 Å². The fourth-order valence-corrected chi connectivity index (χ4v) is 1.50. The minimum atomic E-state index is -0.372. The van der Waals surface area contributed by atoms with Crippen molar-refractivity contribution in [1.82, 2.24) is 4.98 Å². The van der Waals surface area contributed by atoms with Crippen molar-refractivity contribution in [2.24, 2.45) is 0 Å². The molecule has 0 spiro atoms. The number of nitrogens with two attached hydrogens (primary N) is 1. The van der Waals surface area contributed by atoms with Crippen LogP contribution < -0.4 is 10.5 Å². The molecule has 4 heteroatoms. The number of benzene rings is 1. The van der Waals surface area contributed by atoms with Crippen molar-refractivity contribution in [3.05, 3.63) is 53.6 Å². The maximum absolute atomic E-state index is 12.9. The largest absolute Gasteiger partial charge is 0.487 e. The second-order valence-electron chi connectivity index (χ2n) is 3.84. The number of aryl methyl sites for hydroxylation is 1. The highest BCUT2D eigenvalue weighted by atomic mass is 19.1. The fraction of sp³-hybridized carbons (Fsp3) is 0.154. The van der Waals surface area contributed by atoms with E-state index in [0.29, 0.717) is 17.0 Å². The van der Waals surface area contributed by atoms with Gasteiger partial charge in [-0.1, -0.05) is 6.07 Å². The number of anilines is 1. The van der Waals surface area contributed by atoms with Gasteiger partial charge >= 0.3 is 0 Å². The van der Waals surface area contributed by atoms with Crippen molar-refractivity contribution in [2.75, 3.05) is 5.73 Å². The Kier molecular flexibility index (Phi) is 3.23. The second kappa shape index (κ2) is 4.82. The van der Waals surface area contributed by atoms with E-state index in [1.165, 1.54) is 6.07 Å². The van der Waals surface area contributed by atoms with Gasteiger partial charge in [-0.05, 0) is 30.7 Å². The lowest BCUT2D eigenvalue weighted by molar-refractivity contribution is 0.306. The molecular formula is C13H13FN2O. The van der Waals surface area contributed by atoms with Crippen LogP contribution in [0, 0.1) is 12.7 Å². The molecule has 0 bridgehead atoms. The van der Waals surface area contributed by atoms with Crippen LogP contribution in [0.3, 0.4) is 0 Å². The van der Waals surface area contributed by atoms with E-state index in [4.69, 9.17) is 10.5 Å². The van der Waals surface area contributed by atoms with E-state index in [2.05, 4.69) is 4.98 Å². The highest BCUT2D eigenvalue weighted by Crippen LogP contribution is 2.23. The number of ether oxygens (including phenoxy) is 1. The molecule has 0 amide bonds. The Balaban J connectivity index is 2.07. The van der Waals surface area contributed by atoms with Crippen molar-refractivity contribution in [2.45, 2.75) is 13.5 Å². The molecule has 0 aliphatic carbocycles. The molecule has 0 aliphatic heterocycles. The van der Waals surface area contributed by atoms with Gasteiger partial charge in [0.15, 0.2) is 0 Å². The quantitative estimate of drug-likeness (QED) is 0.828. The van der Waals surface area contributed by atoms with Crippen LogP contribution in [0.2, 0.25) is 0 Å². The van der Waals surface area contributed by atoms with Crippen molar-refractivity contribution in [3.63, 3.8) is 0 Å². The lowest BCUT2D eigenvalue weighted by Crippen LogP contribution is -2.00. The number of nitrogen functional groups attached to an aromatic ring is 1. The highest BCUT2D eigenvalue weighted by Gasteiger charge is 2.02. The first-order valence-electron chi connectivity index (χ1n) is 5.23. The van der Waals surface area contributed by atoms with Crippen molar-refractivity contribution in [3.8, 4) is 5.75 Å². The average Bonchev–Trinajstić information content (AvgIpc) is 2.28.